The van der Waals surface area contributed by atoms with E-state index >= 15 is 0 Å². The van der Waals surface area contributed by atoms with Gasteiger partial charge in [0.15, 0.2) is 0 Å². The summed E-state index contributed by atoms with van der Waals surface area (Å²) in [5, 5.41) is 14.2. The van der Waals surface area contributed by atoms with Crippen molar-refractivity contribution in [3.63, 3.8) is 0 Å². The third kappa shape index (κ3) is 6.22. The second-order valence-electron chi connectivity index (χ2n) is 11.6. The number of carbonyl (C=O) groups excluding carboxylic acids is 3. The number of aryl methyl sites for hydroxylation is 1. The van der Waals surface area contributed by atoms with Gasteiger partial charge in [-0.1, -0.05) is 24.3 Å². The van der Waals surface area contributed by atoms with Gasteiger partial charge in [-0.15, -0.1) is 0 Å². The predicted octanol–water partition coefficient (Wildman–Crippen LogP) is 4.45. The fourth-order valence-electron chi connectivity index (χ4n) is 6.28. The summed E-state index contributed by atoms with van der Waals surface area (Å²) in [6, 6.07) is 14.6. The summed E-state index contributed by atoms with van der Waals surface area (Å²) in [4.78, 5) is 50.0. The van der Waals surface area contributed by atoms with Gasteiger partial charge in [0.25, 0.3) is 0 Å². The first-order valence-corrected chi connectivity index (χ1v) is 15.2. The fraction of sp³-hybridized carbons (Fsp3) is 0.364. The van der Waals surface area contributed by atoms with Crippen molar-refractivity contribution in [3.8, 4) is 0 Å². The van der Waals surface area contributed by atoms with Gasteiger partial charge in [-0.2, -0.15) is 5.10 Å². The Bertz CT molecular complexity index is 1650. The first-order chi connectivity index (χ1) is 21.4. The highest BCUT2D eigenvalue weighted by molar-refractivity contribution is 5.92. The molecule has 0 spiro atoms. The average Bonchev–Trinajstić information content (AvgIpc) is 3.53. The summed E-state index contributed by atoms with van der Waals surface area (Å²) >= 11 is 0. The van der Waals surface area contributed by atoms with Gasteiger partial charge in [-0.05, 0) is 73.2 Å². The van der Waals surface area contributed by atoms with Crippen LogP contribution in [0.5, 0.6) is 0 Å². The van der Waals surface area contributed by atoms with E-state index in [-0.39, 0.29) is 24.0 Å². The van der Waals surface area contributed by atoms with Crippen LogP contribution in [0.1, 0.15) is 42.0 Å². The van der Waals surface area contributed by atoms with Gasteiger partial charge in [0, 0.05) is 68.7 Å². The molecule has 3 N–H and O–H groups in total. The van der Waals surface area contributed by atoms with E-state index in [0.717, 1.165) is 38.8 Å². The monoisotopic (exact) mass is 594 g/mol. The van der Waals surface area contributed by atoms with Gasteiger partial charge in [-0.3, -0.25) is 14.9 Å². The summed E-state index contributed by atoms with van der Waals surface area (Å²) in [6.07, 6.45) is 6.89. The zero-order valence-electron chi connectivity index (χ0n) is 25.1. The van der Waals surface area contributed by atoms with Crippen molar-refractivity contribution in [2.75, 3.05) is 25.0 Å². The molecule has 1 saturated heterocycles. The summed E-state index contributed by atoms with van der Waals surface area (Å²) in [5.74, 6) is -0.138. The molecule has 0 radical (unpaired) electrons. The van der Waals surface area contributed by atoms with Gasteiger partial charge < -0.3 is 25.3 Å². The number of rotatable bonds is 8. The highest BCUT2D eigenvalue weighted by Crippen LogP contribution is 2.28. The van der Waals surface area contributed by atoms with Gasteiger partial charge in [0.2, 0.25) is 5.91 Å². The smallest absolute Gasteiger partial charge is 0.322 e. The molecule has 44 heavy (non-hydrogen) atoms. The number of H-pyrrole nitrogens is 1. The molecule has 11 nitrogen and oxygen atoms in total. The normalized spacial score (nSPS) is 15.9. The largest absolute Gasteiger partial charge is 0.337 e. The molecule has 2 aromatic heterocycles. The fourth-order valence-corrected chi connectivity index (χ4v) is 6.28. The minimum Gasteiger partial charge on any atom is -0.337 e. The lowest BCUT2D eigenvalue weighted by Gasteiger charge is -2.40. The maximum absolute atomic E-state index is 14.0. The highest BCUT2D eigenvalue weighted by atomic mass is 16.2. The Balaban J connectivity index is 1.15. The van der Waals surface area contributed by atoms with Crippen LogP contribution in [0.15, 0.2) is 67.1 Å². The molecular weight excluding hydrogens is 556 g/mol. The molecule has 228 valence electrons. The first-order valence-electron chi connectivity index (χ1n) is 15.2. The number of nitrogens with one attached hydrogen (secondary N) is 3. The summed E-state index contributed by atoms with van der Waals surface area (Å²) < 4.78 is 0. The van der Waals surface area contributed by atoms with E-state index in [4.69, 9.17) is 0 Å². The van der Waals surface area contributed by atoms with Crippen LogP contribution in [0.25, 0.3) is 10.9 Å². The summed E-state index contributed by atoms with van der Waals surface area (Å²) in [5.41, 5.74) is 5.86. The van der Waals surface area contributed by atoms with Crippen molar-refractivity contribution < 1.29 is 14.4 Å². The molecule has 2 aromatic carbocycles. The third-order valence-electron chi connectivity index (χ3n) is 8.71. The van der Waals surface area contributed by atoms with Crippen LogP contribution in [0.3, 0.4) is 0 Å². The maximum Gasteiger partial charge on any atom is 0.322 e. The number of pyridine rings is 1. The molecular formula is C33H38N8O3. The SMILES string of the molecule is CCN(Cc1ccncc1)C(=O)[C@@H](Cc1cc(C)c2[nH]ncc2c1)NC(=O)N1CCC(N2Cc3ccccc3NC2=O)CC1. The Morgan fingerprint density at radius 3 is 2.64 bits per heavy atom. The molecule has 4 heterocycles. The van der Waals surface area contributed by atoms with Crippen molar-refractivity contribution >= 4 is 34.6 Å². The average molecular weight is 595 g/mol. The third-order valence-corrected chi connectivity index (χ3v) is 8.71. The number of fused-ring (bicyclic) bond motifs is 2. The van der Waals surface area contributed by atoms with Crippen LogP contribution >= 0.6 is 0 Å². The van der Waals surface area contributed by atoms with Crippen LogP contribution in [0.4, 0.5) is 15.3 Å². The molecule has 1 fully saturated rings. The number of piperidine rings is 1. The quantitative estimate of drug-likeness (QED) is 0.278. The van der Waals surface area contributed by atoms with Gasteiger partial charge in [-0.25, -0.2) is 9.59 Å². The van der Waals surface area contributed by atoms with Crippen molar-refractivity contribution in [1.82, 2.24) is 35.2 Å². The number of hydrogen-bond acceptors (Lipinski definition) is 5. The van der Waals surface area contributed by atoms with Crippen LogP contribution in [0.2, 0.25) is 0 Å². The zero-order chi connectivity index (χ0) is 30.6. The number of aromatic amines is 1. The molecule has 0 bridgehead atoms. The van der Waals surface area contributed by atoms with Crippen molar-refractivity contribution in [1.29, 1.82) is 0 Å². The Hall–Kier alpha value is -4.93. The standard InChI is InChI=1S/C33H38N8O3/c1-3-39(20-23-8-12-34-13-9-23)31(42)29(18-24-16-22(2)30-26(17-24)19-35-38-30)37-32(43)40-14-10-27(11-15-40)41-21-25-6-4-5-7-28(25)36-33(41)44/h4-9,12-13,16-17,19,27,29H,3,10-11,14-15,18,20-21H2,1-2H3,(H,35,38)(H,36,44)(H,37,43)/t29-/m1/s1. The number of nitrogens with zero attached hydrogens (tertiary/aromatic N) is 5. The Morgan fingerprint density at radius 2 is 1.86 bits per heavy atom. The van der Waals surface area contributed by atoms with E-state index in [0.29, 0.717) is 52.0 Å². The predicted molar refractivity (Wildman–Crippen MR) is 168 cm³/mol. The van der Waals surface area contributed by atoms with Crippen LogP contribution < -0.4 is 10.6 Å². The molecule has 4 aromatic rings. The van der Waals surface area contributed by atoms with E-state index in [1.54, 1.807) is 28.4 Å². The van der Waals surface area contributed by atoms with E-state index < -0.39 is 6.04 Å². The Kier molecular flexibility index (Phi) is 8.44. The van der Waals surface area contributed by atoms with Crippen molar-refractivity contribution in [2.45, 2.75) is 58.3 Å². The number of benzene rings is 2. The van der Waals surface area contributed by atoms with E-state index in [9.17, 15) is 14.4 Å². The van der Waals surface area contributed by atoms with Crippen molar-refractivity contribution in [2.24, 2.45) is 0 Å². The molecule has 2 aliphatic heterocycles. The van der Waals surface area contributed by atoms with E-state index in [2.05, 4.69) is 25.8 Å². The number of urea groups is 2. The number of likely N-dealkylation sites (N-methyl/N-ethyl adjacent to an activating group) is 1. The second-order valence-corrected chi connectivity index (χ2v) is 11.6. The summed E-state index contributed by atoms with van der Waals surface area (Å²) in [6.45, 7) is 6.43. The highest BCUT2D eigenvalue weighted by Gasteiger charge is 2.34. The van der Waals surface area contributed by atoms with E-state index in [1.165, 1.54) is 0 Å². The van der Waals surface area contributed by atoms with Crippen molar-refractivity contribution in [3.05, 3.63) is 89.4 Å². The number of para-hydroxylation sites is 1. The van der Waals surface area contributed by atoms with E-state index in [1.807, 2.05) is 67.3 Å². The van der Waals surface area contributed by atoms with Crippen LogP contribution in [-0.2, 0) is 24.3 Å². The number of hydrogen-bond donors (Lipinski definition) is 3. The Morgan fingerprint density at radius 1 is 1.09 bits per heavy atom. The van der Waals surface area contributed by atoms with Gasteiger partial charge >= 0.3 is 12.1 Å². The number of likely N-dealkylation sites (tertiary alicyclic amines) is 1. The molecule has 11 heteroatoms. The first kappa shape index (κ1) is 29.2. The van der Waals surface area contributed by atoms with Crippen LogP contribution in [-0.4, -0.2) is 79.6 Å². The maximum atomic E-state index is 14.0. The number of amides is 5. The van der Waals surface area contributed by atoms with Crippen LogP contribution in [0, 0.1) is 6.92 Å². The Labute approximate surface area is 256 Å². The minimum absolute atomic E-state index is 0.0328. The molecule has 1 atom stereocenters. The number of carbonyl (C=O) groups is 3. The van der Waals surface area contributed by atoms with Gasteiger partial charge in [0.1, 0.15) is 6.04 Å². The minimum atomic E-state index is -0.755. The molecule has 0 saturated carbocycles. The lowest BCUT2D eigenvalue weighted by Crippen LogP contribution is -2.56. The number of aromatic nitrogens is 3. The lowest BCUT2D eigenvalue weighted by atomic mass is 10.00. The second kappa shape index (κ2) is 12.7. The molecule has 6 rings (SSSR count). The molecule has 0 aliphatic carbocycles. The lowest BCUT2D eigenvalue weighted by molar-refractivity contribution is -0.133. The topological polar surface area (TPSA) is 127 Å². The molecule has 0 unspecified atom stereocenters. The zero-order valence-corrected chi connectivity index (χ0v) is 25.1. The molecule has 2 aliphatic rings. The number of anilines is 1. The van der Waals surface area contributed by atoms with Gasteiger partial charge in [0.05, 0.1) is 11.7 Å². The molecule has 5 amide bonds. The summed E-state index contributed by atoms with van der Waals surface area (Å²) in [7, 11) is 0.